The summed E-state index contributed by atoms with van der Waals surface area (Å²) < 4.78 is 0. The molecule has 0 spiro atoms. The van der Waals surface area contributed by atoms with E-state index in [0.717, 1.165) is 70.0 Å². The van der Waals surface area contributed by atoms with Crippen molar-refractivity contribution in [1.29, 1.82) is 0 Å². The number of carbonyl (C=O) groups is 3. The number of ketones is 2. The van der Waals surface area contributed by atoms with E-state index in [1.807, 2.05) is 6.08 Å². The van der Waals surface area contributed by atoms with Gasteiger partial charge >= 0.3 is 0 Å². The number of carbonyl (C=O) groups excluding carboxylic acids is 3. The highest BCUT2D eigenvalue weighted by molar-refractivity contribution is 8.13. The van der Waals surface area contributed by atoms with Crippen LogP contribution in [0.25, 0.3) is 0 Å². The van der Waals surface area contributed by atoms with Gasteiger partial charge in [0.2, 0.25) is 0 Å². The van der Waals surface area contributed by atoms with Crippen molar-refractivity contribution in [3.63, 3.8) is 0 Å². The molecular weight excluding hydrogens is 380 g/mol. The molecule has 29 heavy (non-hydrogen) atoms. The lowest BCUT2D eigenvalue weighted by Gasteiger charge is -2.58. The third-order valence-electron chi connectivity index (χ3n) is 8.87. The lowest BCUT2D eigenvalue weighted by Crippen LogP contribution is -2.52. The van der Waals surface area contributed by atoms with Crippen molar-refractivity contribution in [2.45, 2.75) is 90.9 Å². The van der Waals surface area contributed by atoms with Crippen molar-refractivity contribution in [2.24, 2.45) is 28.6 Å². The van der Waals surface area contributed by atoms with E-state index in [9.17, 15) is 14.4 Å². The van der Waals surface area contributed by atoms with Gasteiger partial charge in [0, 0.05) is 35.8 Å². The van der Waals surface area contributed by atoms with E-state index in [1.54, 1.807) is 0 Å². The molecule has 0 aromatic carbocycles. The lowest BCUT2D eigenvalue weighted by molar-refractivity contribution is -0.132. The highest BCUT2D eigenvalue weighted by atomic mass is 32.2. The summed E-state index contributed by atoms with van der Waals surface area (Å²) >= 11 is 1.53. The van der Waals surface area contributed by atoms with Crippen LogP contribution < -0.4 is 0 Å². The van der Waals surface area contributed by atoms with Crippen molar-refractivity contribution in [3.8, 4) is 0 Å². The molecule has 3 fully saturated rings. The summed E-state index contributed by atoms with van der Waals surface area (Å²) in [6.45, 7) is 4.39. The maximum Gasteiger partial charge on any atom is 0.188 e. The Balaban J connectivity index is 1.56. The minimum Gasteiger partial charge on any atom is -0.299 e. The molecule has 0 heterocycles. The fraction of sp³-hybridized carbons (Fsp3) is 0.800. The van der Waals surface area contributed by atoms with Crippen LogP contribution in [0.3, 0.4) is 0 Å². The summed E-state index contributed by atoms with van der Waals surface area (Å²) in [4.78, 5) is 37.4. The van der Waals surface area contributed by atoms with Gasteiger partial charge in [-0.1, -0.05) is 44.0 Å². The number of unbranched alkanes of at least 4 members (excludes halogenated alkanes) is 2. The van der Waals surface area contributed by atoms with Gasteiger partial charge in [0.25, 0.3) is 0 Å². The van der Waals surface area contributed by atoms with Crippen LogP contribution in [0.1, 0.15) is 90.9 Å². The molecule has 0 amide bonds. The van der Waals surface area contributed by atoms with Crippen LogP contribution in [0.5, 0.6) is 0 Å². The van der Waals surface area contributed by atoms with Crippen molar-refractivity contribution in [3.05, 3.63) is 11.6 Å². The molecule has 3 saturated carbocycles. The van der Waals surface area contributed by atoms with Crippen LogP contribution >= 0.6 is 11.8 Å². The highest BCUT2D eigenvalue weighted by Crippen LogP contribution is 2.65. The Morgan fingerprint density at radius 3 is 2.69 bits per heavy atom. The van der Waals surface area contributed by atoms with E-state index in [-0.39, 0.29) is 16.6 Å². The van der Waals surface area contributed by atoms with Gasteiger partial charge in [0.05, 0.1) is 0 Å². The molecule has 0 bridgehead atoms. The zero-order valence-corrected chi connectivity index (χ0v) is 19.0. The Morgan fingerprint density at radius 1 is 1.07 bits per heavy atom. The zero-order chi connectivity index (χ0) is 20.6. The van der Waals surface area contributed by atoms with E-state index < -0.39 is 0 Å². The Kier molecular flexibility index (Phi) is 6.12. The summed E-state index contributed by atoms with van der Waals surface area (Å²) in [6.07, 6.45) is 13.4. The van der Waals surface area contributed by atoms with Crippen molar-refractivity contribution in [2.75, 3.05) is 5.75 Å². The average Bonchev–Trinajstić information content (AvgIpc) is 3.01. The Bertz CT molecular complexity index is 726. The van der Waals surface area contributed by atoms with Gasteiger partial charge in [0.15, 0.2) is 10.9 Å². The first kappa shape index (κ1) is 21.3. The maximum atomic E-state index is 12.6. The number of hydrogen-bond donors (Lipinski definition) is 0. The molecule has 0 unspecified atom stereocenters. The summed E-state index contributed by atoms with van der Waals surface area (Å²) in [5.74, 6) is 3.22. The van der Waals surface area contributed by atoms with E-state index in [0.29, 0.717) is 41.5 Å². The standard InChI is InChI=1S/C25H36O3S/c1-3-4-5-6-23(28)29-16-25-14-11-18(26)15-17(25)7-8-19-20-9-10-22(27)24(20,2)13-12-21(19)25/h15,19-21H,3-14,16H2,1-2H3/t19-,20-,21-,24-,25+/m0/s1. The van der Waals surface area contributed by atoms with Gasteiger partial charge in [-0.05, 0) is 68.8 Å². The molecule has 4 heteroatoms. The third-order valence-corrected chi connectivity index (χ3v) is 10.1. The van der Waals surface area contributed by atoms with E-state index in [1.165, 1.54) is 17.3 Å². The summed E-state index contributed by atoms with van der Waals surface area (Å²) in [6, 6.07) is 0. The van der Waals surface area contributed by atoms with Crippen LogP contribution in [0.15, 0.2) is 11.6 Å². The fourth-order valence-electron chi connectivity index (χ4n) is 7.20. The molecule has 0 N–H and O–H groups in total. The summed E-state index contributed by atoms with van der Waals surface area (Å²) in [5.41, 5.74) is 1.23. The van der Waals surface area contributed by atoms with E-state index in [4.69, 9.17) is 0 Å². The molecule has 0 aliphatic heterocycles. The second kappa shape index (κ2) is 8.32. The smallest absolute Gasteiger partial charge is 0.188 e. The maximum absolute atomic E-state index is 12.6. The van der Waals surface area contributed by atoms with Crippen LogP contribution in [-0.4, -0.2) is 22.4 Å². The molecule has 4 rings (SSSR count). The molecule has 4 aliphatic carbocycles. The monoisotopic (exact) mass is 416 g/mol. The van der Waals surface area contributed by atoms with Crippen molar-refractivity contribution in [1.82, 2.24) is 0 Å². The Labute approximate surface area is 179 Å². The number of hydrogen-bond acceptors (Lipinski definition) is 4. The van der Waals surface area contributed by atoms with Gasteiger partial charge in [-0.25, -0.2) is 0 Å². The normalized spacial score (nSPS) is 38.8. The molecule has 0 saturated heterocycles. The predicted octanol–water partition coefficient (Wildman–Crippen LogP) is 5.91. The second-order valence-electron chi connectivity index (χ2n) is 10.2. The molecule has 3 nitrogen and oxygen atoms in total. The first-order valence-electron chi connectivity index (χ1n) is 11.8. The van der Waals surface area contributed by atoms with E-state index >= 15 is 0 Å². The van der Waals surface area contributed by atoms with Gasteiger partial charge in [0.1, 0.15) is 5.78 Å². The minimum absolute atomic E-state index is 0.00881. The number of rotatable bonds is 6. The number of Topliss-reactive ketones (excluding diaryl/α,β-unsaturated/α-hetero) is 1. The number of allylic oxidation sites excluding steroid dienone is 1. The van der Waals surface area contributed by atoms with Gasteiger partial charge < -0.3 is 0 Å². The van der Waals surface area contributed by atoms with Gasteiger partial charge in [-0.3, -0.25) is 14.4 Å². The molecule has 0 aromatic heterocycles. The lowest BCUT2D eigenvalue weighted by atomic mass is 9.47. The summed E-state index contributed by atoms with van der Waals surface area (Å²) in [7, 11) is 0. The SMILES string of the molecule is CCCCCC(=O)SC[C@]12CCC(=O)C=C1CC[C@@H]1[C@@H]2CC[C@]2(C)C(=O)CC[C@@H]12. The molecule has 0 radical (unpaired) electrons. The molecule has 5 atom stereocenters. The van der Waals surface area contributed by atoms with Crippen LogP contribution in [-0.2, 0) is 14.4 Å². The van der Waals surface area contributed by atoms with Gasteiger partial charge in [-0.15, -0.1) is 0 Å². The Morgan fingerprint density at radius 2 is 1.90 bits per heavy atom. The van der Waals surface area contributed by atoms with Crippen molar-refractivity contribution >= 4 is 28.4 Å². The highest BCUT2D eigenvalue weighted by Gasteiger charge is 2.60. The van der Waals surface area contributed by atoms with Crippen molar-refractivity contribution < 1.29 is 14.4 Å². The summed E-state index contributed by atoms with van der Waals surface area (Å²) in [5, 5.41) is 0.322. The first-order chi connectivity index (χ1) is 13.9. The zero-order valence-electron chi connectivity index (χ0n) is 18.1. The largest absolute Gasteiger partial charge is 0.299 e. The molecular formula is C25H36O3S. The first-order valence-corrected chi connectivity index (χ1v) is 12.8. The van der Waals surface area contributed by atoms with Crippen LogP contribution in [0.4, 0.5) is 0 Å². The molecule has 160 valence electrons. The average molecular weight is 417 g/mol. The fourth-order valence-corrected chi connectivity index (χ4v) is 8.45. The minimum atomic E-state index is -0.114. The topological polar surface area (TPSA) is 51.2 Å². The molecule has 0 aromatic rings. The van der Waals surface area contributed by atoms with Crippen LogP contribution in [0, 0.1) is 28.6 Å². The Hall–Kier alpha value is -0.900. The second-order valence-corrected chi connectivity index (χ2v) is 11.3. The van der Waals surface area contributed by atoms with E-state index in [2.05, 4.69) is 13.8 Å². The van der Waals surface area contributed by atoms with Crippen LogP contribution in [0.2, 0.25) is 0 Å². The predicted molar refractivity (Wildman–Crippen MR) is 118 cm³/mol. The molecule has 4 aliphatic rings. The third kappa shape index (κ3) is 3.68. The number of fused-ring (bicyclic) bond motifs is 5. The quantitative estimate of drug-likeness (QED) is 0.505. The van der Waals surface area contributed by atoms with Gasteiger partial charge in [-0.2, -0.15) is 0 Å². The number of thioether (sulfide) groups is 1.